The zero-order valence-corrected chi connectivity index (χ0v) is 11.4. The maximum absolute atomic E-state index is 12.5. The highest BCUT2D eigenvalue weighted by atomic mass is 32.2. The van der Waals surface area contributed by atoms with Crippen molar-refractivity contribution in [2.45, 2.75) is 62.7 Å². The first-order chi connectivity index (χ1) is 8.53. The molecule has 1 aliphatic heterocycles. The lowest BCUT2D eigenvalue weighted by Gasteiger charge is -2.35. The molecule has 2 fully saturated rings. The molecule has 0 bridgehead atoms. The Hall–Kier alpha value is -0.620. The Morgan fingerprint density at radius 1 is 1.00 bits per heavy atom. The largest absolute Gasteiger partial charge is 0.480 e. The van der Waals surface area contributed by atoms with E-state index in [0.717, 1.165) is 32.1 Å². The Bertz CT molecular complexity index is 400. The molecule has 0 aromatic rings. The van der Waals surface area contributed by atoms with E-state index in [2.05, 4.69) is 0 Å². The van der Waals surface area contributed by atoms with E-state index in [0.29, 0.717) is 25.8 Å². The summed E-state index contributed by atoms with van der Waals surface area (Å²) in [5.74, 6) is -1.01. The van der Waals surface area contributed by atoms with Crippen LogP contribution in [0.5, 0.6) is 0 Å². The topological polar surface area (TPSA) is 74.7 Å². The number of carboxylic acids is 1. The van der Waals surface area contributed by atoms with Gasteiger partial charge in [-0.05, 0) is 32.1 Å². The van der Waals surface area contributed by atoms with Crippen molar-refractivity contribution in [1.82, 2.24) is 4.31 Å². The zero-order valence-electron chi connectivity index (χ0n) is 10.5. The SMILES string of the molecule is O=C(O)[C@H]1CCCCN1S(=O)(=O)C1CCCCC1. The van der Waals surface area contributed by atoms with Gasteiger partial charge in [-0.2, -0.15) is 4.31 Å². The van der Waals surface area contributed by atoms with Crippen molar-refractivity contribution in [3.05, 3.63) is 0 Å². The number of hydrogen-bond acceptors (Lipinski definition) is 3. The fourth-order valence-electron chi connectivity index (χ4n) is 3.01. The second-order valence-corrected chi connectivity index (χ2v) is 7.43. The quantitative estimate of drug-likeness (QED) is 0.848. The molecule has 0 amide bonds. The molecule has 0 unspecified atom stereocenters. The van der Waals surface area contributed by atoms with Gasteiger partial charge in [-0.1, -0.05) is 19.3 Å². The third kappa shape index (κ3) is 2.69. The Morgan fingerprint density at radius 2 is 1.61 bits per heavy atom. The third-order valence-electron chi connectivity index (χ3n) is 4.04. The molecule has 0 radical (unpaired) electrons. The molecule has 0 aromatic heterocycles. The summed E-state index contributed by atoms with van der Waals surface area (Å²) in [6.07, 6.45) is 6.36. The maximum Gasteiger partial charge on any atom is 0.322 e. The fraction of sp³-hybridized carbons (Fsp3) is 0.917. The van der Waals surface area contributed by atoms with Crippen molar-refractivity contribution in [3.8, 4) is 0 Å². The van der Waals surface area contributed by atoms with Crippen molar-refractivity contribution in [2.24, 2.45) is 0 Å². The van der Waals surface area contributed by atoms with Gasteiger partial charge in [0.15, 0.2) is 0 Å². The predicted octanol–water partition coefficient (Wildman–Crippen LogP) is 1.59. The van der Waals surface area contributed by atoms with E-state index in [-0.39, 0.29) is 5.25 Å². The summed E-state index contributed by atoms with van der Waals surface area (Å²) in [7, 11) is -3.43. The van der Waals surface area contributed by atoms with Crippen LogP contribution in [0.25, 0.3) is 0 Å². The number of nitrogens with zero attached hydrogens (tertiary/aromatic N) is 1. The average Bonchev–Trinajstić information content (AvgIpc) is 2.39. The second kappa shape index (κ2) is 5.57. The molecule has 1 N–H and O–H groups in total. The first-order valence-electron chi connectivity index (χ1n) is 6.77. The van der Waals surface area contributed by atoms with Gasteiger partial charge in [-0.25, -0.2) is 8.42 Å². The molecule has 1 atom stereocenters. The van der Waals surface area contributed by atoms with Crippen LogP contribution in [0, 0.1) is 0 Å². The summed E-state index contributed by atoms with van der Waals surface area (Å²) in [6.45, 7) is 0.371. The van der Waals surface area contributed by atoms with Gasteiger partial charge in [-0.3, -0.25) is 4.79 Å². The van der Waals surface area contributed by atoms with E-state index in [1.807, 2.05) is 0 Å². The van der Waals surface area contributed by atoms with Crippen molar-refractivity contribution in [2.75, 3.05) is 6.54 Å². The minimum absolute atomic E-state index is 0.355. The molecule has 6 heteroatoms. The lowest BCUT2D eigenvalue weighted by atomic mass is 10.0. The molecule has 104 valence electrons. The van der Waals surface area contributed by atoms with Gasteiger partial charge < -0.3 is 5.11 Å². The van der Waals surface area contributed by atoms with Crippen molar-refractivity contribution >= 4 is 16.0 Å². The average molecular weight is 275 g/mol. The number of carbonyl (C=O) groups is 1. The standard InChI is InChI=1S/C12H21NO4S/c14-12(15)11-8-4-5-9-13(11)18(16,17)10-6-2-1-3-7-10/h10-11H,1-9H2,(H,14,15)/t11-/m1/s1. The zero-order chi connectivity index (χ0) is 13.2. The number of carboxylic acid groups (broad SMARTS) is 1. The van der Waals surface area contributed by atoms with Gasteiger partial charge in [0.1, 0.15) is 6.04 Å². The number of aliphatic carboxylic acids is 1. The minimum Gasteiger partial charge on any atom is -0.480 e. The van der Waals surface area contributed by atoms with Crippen LogP contribution in [-0.2, 0) is 14.8 Å². The number of rotatable bonds is 3. The van der Waals surface area contributed by atoms with E-state index in [1.54, 1.807) is 0 Å². The van der Waals surface area contributed by atoms with Crippen molar-refractivity contribution in [3.63, 3.8) is 0 Å². The molecule has 18 heavy (non-hydrogen) atoms. The monoisotopic (exact) mass is 275 g/mol. The van der Waals surface area contributed by atoms with Crippen LogP contribution < -0.4 is 0 Å². The first kappa shape index (κ1) is 13.8. The van der Waals surface area contributed by atoms with Crippen LogP contribution in [0.2, 0.25) is 0 Å². The Morgan fingerprint density at radius 3 is 2.22 bits per heavy atom. The van der Waals surface area contributed by atoms with E-state index >= 15 is 0 Å². The summed E-state index contributed by atoms with van der Waals surface area (Å²) < 4.78 is 26.3. The highest BCUT2D eigenvalue weighted by Gasteiger charge is 2.40. The maximum atomic E-state index is 12.5. The summed E-state index contributed by atoms with van der Waals surface area (Å²) in [4.78, 5) is 11.2. The van der Waals surface area contributed by atoms with Gasteiger partial charge in [-0.15, -0.1) is 0 Å². The molecule has 5 nitrogen and oxygen atoms in total. The molecule has 2 aliphatic rings. The smallest absolute Gasteiger partial charge is 0.322 e. The summed E-state index contributed by atoms with van der Waals surface area (Å²) in [5, 5.41) is 8.81. The fourth-order valence-corrected chi connectivity index (χ4v) is 5.26. The van der Waals surface area contributed by atoms with Crippen molar-refractivity contribution < 1.29 is 18.3 Å². The van der Waals surface area contributed by atoms with E-state index in [1.165, 1.54) is 4.31 Å². The first-order valence-corrected chi connectivity index (χ1v) is 8.27. The lowest BCUT2D eigenvalue weighted by Crippen LogP contribution is -2.51. The molecule has 1 heterocycles. The highest BCUT2D eigenvalue weighted by molar-refractivity contribution is 7.89. The number of piperidine rings is 1. The Labute approximate surface area is 108 Å². The molecule has 1 saturated carbocycles. The van der Waals surface area contributed by atoms with Crippen LogP contribution in [-0.4, -0.2) is 41.6 Å². The molecular weight excluding hydrogens is 254 g/mol. The van der Waals surface area contributed by atoms with Crippen molar-refractivity contribution in [1.29, 1.82) is 0 Å². The highest BCUT2D eigenvalue weighted by Crippen LogP contribution is 2.30. The second-order valence-electron chi connectivity index (χ2n) is 5.27. The molecular formula is C12H21NO4S. The Kier molecular flexibility index (Phi) is 4.27. The minimum atomic E-state index is -3.43. The molecule has 1 aliphatic carbocycles. The Balaban J connectivity index is 2.18. The van der Waals surface area contributed by atoms with E-state index < -0.39 is 22.0 Å². The number of hydrogen-bond donors (Lipinski definition) is 1. The normalized spacial score (nSPS) is 28.1. The van der Waals surface area contributed by atoms with Crippen LogP contribution in [0.15, 0.2) is 0 Å². The summed E-state index contributed by atoms with van der Waals surface area (Å²) in [6, 6.07) is -0.842. The summed E-state index contributed by atoms with van der Waals surface area (Å²) >= 11 is 0. The molecule has 0 spiro atoms. The molecule has 0 aromatic carbocycles. The van der Waals surface area contributed by atoms with Crippen LogP contribution in [0.1, 0.15) is 51.4 Å². The van der Waals surface area contributed by atoms with Crippen LogP contribution >= 0.6 is 0 Å². The lowest BCUT2D eigenvalue weighted by molar-refractivity contribution is -0.142. The third-order valence-corrected chi connectivity index (χ3v) is 6.44. The van der Waals surface area contributed by atoms with Gasteiger partial charge in [0.05, 0.1) is 5.25 Å². The van der Waals surface area contributed by atoms with Crippen LogP contribution in [0.4, 0.5) is 0 Å². The van der Waals surface area contributed by atoms with E-state index in [4.69, 9.17) is 5.11 Å². The predicted molar refractivity (Wildman–Crippen MR) is 67.8 cm³/mol. The van der Waals surface area contributed by atoms with E-state index in [9.17, 15) is 13.2 Å². The number of sulfonamides is 1. The van der Waals surface area contributed by atoms with Crippen LogP contribution in [0.3, 0.4) is 0 Å². The molecule has 1 saturated heterocycles. The van der Waals surface area contributed by atoms with Gasteiger partial charge in [0.25, 0.3) is 0 Å². The van der Waals surface area contributed by atoms with Gasteiger partial charge >= 0.3 is 5.97 Å². The van der Waals surface area contributed by atoms with Gasteiger partial charge in [0.2, 0.25) is 10.0 Å². The summed E-state index contributed by atoms with van der Waals surface area (Å²) in [5.41, 5.74) is 0. The van der Waals surface area contributed by atoms with Gasteiger partial charge in [0, 0.05) is 6.54 Å². The molecule has 2 rings (SSSR count).